The van der Waals surface area contributed by atoms with Crippen LogP contribution in [-0.2, 0) is 9.53 Å². The Hall–Kier alpha value is -4.18. The molecule has 0 fully saturated rings. The number of esters is 1. The summed E-state index contributed by atoms with van der Waals surface area (Å²) < 4.78 is 18.6. The van der Waals surface area contributed by atoms with Gasteiger partial charge in [0.2, 0.25) is 5.82 Å². The normalized spacial score (nSPS) is 10.7. The first-order valence-electron chi connectivity index (χ1n) is 9.27. The second-order valence-electron chi connectivity index (χ2n) is 6.60. The number of nitrogens with one attached hydrogen (secondary N) is 1. The van der Waals surface area contributed by atoms with Crippen LogP contribution < -0.4 is 5.32 Å². The molecule has 160 valence electrons. The van der Waals surface area contributed by atoms with Crippen LogP contribution in [0.15, 0.2) is 66.0 Å². The molecule has 0 aliphatic rings. The second-order valence-corrected chi connectivity index (χ2v) is 7.54. The largest absolute Gasteiger partial charge is 0.452 e. The Kier molecular flexibility index (Phi) is 5.86. The molecule has 8 nitrogen and oxygen atoms in total. The number of carbonyl (C=O) groups excluding carboxylic acids is 2. The molecule has 2 aromatic heterocycles. The van der Waals surface area contributed by atoms with E-state index in [4.69, 9.17) is 4.74 Å². The highest BCUT2D eigenvalue weighted by molar-refractivity contribution is 7.13. The SMILES string of the molecule is O=C(COC(=O)c1cc(-c2cccs2)nc2ccccc12)Nc1ccc(F)c([N+](=O)[O-])c1. The number of hydrogen-bond acceptors (Lipinski definition) is 7. The molecular formula is C22H14FN3O5S. The molecule has 0 saturated heterocycles. The van der Waals surface area contributed by atoms with Gasteiger partial charge in [-0.3, -0.25) is 14.9 Å². The number of carbonyl (C=O) groups is 2. The fourth-order valence-electron chi connectivity index (χ4n) is 3.03. The molecule has 0 spiro atoms. The molecular weight excluding hydrogens is 437 g/mol. The molecule has 0 unspecified atom stereocenters. The van der Waals surface area contributed by atoms with E-state index in [0.717, 1.165) is 17.0 Å². The number of nitro benzene ring substituents is 1. The minimum Gasteiger partial charge on any atom is -0.452 e. The van der Waals surface area contributed by atoms with Gasteiger partial charge in [-0.05, 0) is 35.7 Å². The molecule has 2 heterocycles. The first kappa shape index (κ1) is 21.1. The van der Waals surface area contributed by atoms with Crippen LogP contribution in [-0.4, -0.2) is 28.4 Å². The summed E-state index contributed by atoms with van der Waals surface area (Å²) in [6.07, 6.45) is 0. The Morgan fingerprint density at radius 3 is 2.69 bits per heavy atom. The van der Waals surface area contributed by atoms with Crippen molar-refractivity contribution in [2.24, 2.45) is 0 Å². The third-order valence-electron chi connectivity index (χ3n) is 4.47. The molecule has 0 aliphatic carbocycles. The van der Waals surface area contributed by atoms with E-state index in [9.17, 15) is 24.1 Å². The van der Waals surface area contributed by atoms with Gasteiger partial charge in [-0.15, -0.1) is 11.3 Å². The number of fused-ring (bicyclic) bond motifs is 1. The lowest BCUT2D eigenvalue weighted by Crippen LogP contribution is -2.21. The first-order chi connectivity index (χ1) is 15.4. The van der Waals surface area contributed by atoms with Gasteiger partial charge in [0.25, 0.3) is 5.91 Å². The summed E-state index contributed by atoms with van der Waals surface area (Å²) in [5.74, 6) is -2.47. The molecule has 0 aliphatic heterocycles. The molecule has 1 amide bonds. The van der Waals surface area contributed by atoms with E-state index in [1.54, 1.807) is 30.3 Å². The summed E-state index contributed by atoms with van der Waals surface area (Å²) in [5.41, 5.74) is 0.698. The zero-order valence-corrected chi connectivity index (χ0v) is 17.1. The number of benzene rings is 2. The van der Waals surface area contributed by atoms with Crippen LogP contribution in [0.1, 0.15) is 10.4 Å². The van der Waals surface area contributed by atoms with Crippen molar-refractivity contribution in [1.29, 1.82) is 0 Å². The molecule has 2 aromatic carbocycles. The van der Waals surface area contributed by atoms with Gasteiger partial charge in [0.05, 0.1) is 26.6 Å². The van der Waals surface area contributed by atoms with Crippen molar-refractivity contribution in [1.82, 2.24) is 4.98 Å². The zero-order valence-electron chi connectivity index (χ0n) is 16.3. The number of ether oxygens (including phenoxy) is 1. The molecule has 0 radical (unpaired) electrons. The molecule has 1 N–H and O–H groups in total. The number of aromatic nitrogens is 1. The summed E-state index contributed by atoms with van der Waals surface area (Å²) in [6.45, 7) is -0.630. The fraction of sp³-hybridized carbons (Fsp3) is 0.0455. The van der Waals surface area contributed by atoms with E-state index < -0.39 is 34.9 Å². The predicted molar refractivity (Wildman–Crippen MR) is 117 cm³/mol. The maximum Gasteiger partial charge on any atom is 0.339 e. The van der Waals surface area contributed by atoms with E-state index in [1.165, 1.54) is 17.4 Å². The number of pyridine rings is 1. The number of para-hydroxylation sites is 1. The van der Waals surface area contributed by atoms with Crippen molar-refractivity contribution in [2.45, 2.75) is 0 Å². The molecule has 4 aromatic rings. The van der Waals surface area contributed by atoms with E-state index in [0.29, 0.717) is 16.6 Å². The summed E-state index contributed by atoms with van der Waals surface area (Å²) in [4.78, 5) is 40.3. The number of rotatable bonds is 6. The van der Waals surface area contributed by atoms with Crippen molar-refractivity contribution in [3.63, 3.8) is 0 Å². The monoisotopic (exact) mass is 451 g/mol. The predicted octanol–water partition coefficient (Wildman–Crippen LogP) is 4.81. The highest BCUT2D eigenvalue weighted by Crippen LogP contribution is 2.28. The highest BCUT2D eigenvalue weighted by atomic mass is 32.1. The number of hydrogen-bond donors (Lipinski definition) is 1. The average molecular weight is 451 g/mol. The van der Waals surface area contributed by atoms with Crippen LogP contribution in [0, 0.1) is 15.9 Å². The van der Waals surface area contributed by atoms with Crippen molar-refractivity contribution in [3.8, 4) is 10.6 Å². The molecule has 32 heavy (non-hydrogen) atoms. The minimum absolute atomic E-state index is 0.00786. The van der Waals surface area contributed by atoms with E-state index in [1.807, 2.05) is 17.5 Å². The van der Waals surface area contributed by atoms with Gasteiger partial charge in [-0.25, -0.2) is 9.78 Å². The molecule has 0 bridgehead atoms. The lowest BCUT2D eigenvalue weighted by Gasteiger charge is -2.10. The Morgan fingerprint density at radius 2 is 1.94 bits per heavy atom. The van der Waals surface area contributed by atoms with Gasteiger partial charge >= 0.3 is 11.7 Å². The smallest absolute Gasteiger partial charge is 0.339 e. The Labute approximate surface area is 184 Å². The van der Waals surface area contributed by atoms with Crippen molar-refractivity contribution in [3.05, 3.63) is 87.5 Å². The van der Waals surface area contributed by atoms with Crippen LogP contribution in [0.5, 0.6) is 0 Å². The fourth-order valence-corrected chi connectivity index (χ4v) is 3.72. The summed E-state index contributed by atoms with van der Waals surface area (Å²) in [6, 6.07) is 15.4. The standard InChI is InChI=1S/C22H14FN3O5S/c23-16-8-7-13(10-19(16)26(29)30)24-21(27)12-31-22(28)15-11-18(20-6-3-9-32-20)25-17-5-2-1-4-14(15)17/h1-11H,12H2,(H,24,27). The molecule has 10 heteroatoms. The van der Waals surface area contributed by atoms with Crippen LogP contribution in [0.4, 0.5) is 15.8 Å². The van der Waals surface area contributed by atoms with Gasteiger partial charge in [-0.1, -0.05) is 24.3 Å². The maximum atomic E-state index is 13.4. The molecule has 0 saturated carbocycles. The third-order valence-corrected chi connectivity index (χ3v) is 5.36. The van der Waals surface area contributed by atoms with Crippen LogP contribution >= 0.6 is 11.3 Å². The summed E-state index contributed by atoms with van der Waals surface area (Å²) in [7, 11) is 0. The van der Waals surface area contributed by atoms with E-state index >= 15 is 0 Å². The number of anilines is 1. The molecule has 4 rings (SSSR count). The van der Waals surface area contributed by atoms with Gasteiger partial charge < -0.3 is 10.1 Å². The van der Waals surface area contributed by atoms with Gasteiger partial charge in [0.15, 0.2) is 6.61 Å². The molecule has 0 atom stereocenters. The quantitative estimate of drug-likeness (QED) is 0.256. The van der Waals surface area contributed by atoms with E-state index in [-0.39, 0.29) is 11.3 Å². The number of nitro groups is 1. The summed E-state index contributed by atoms with van der Waals surface area (Å²) in [5, 5.41) is 15.6. The van der Waals surface area contributed by atoms with Gasteiger partial charge in [0.1, 0.15) is 0 Å². The third kappa shape index (κ3) is 4.44. The lowest BCUT2D eigenvalue weighted by atomic mass is 10.1. The van der Waals surface area contributed by atoms with Crippen molar-refractivity contribution >= 4 is 45.5 Å². The number of thiophene rings is 1. The summed E-state index contributed by atoms with van der Waals surface area (Å²) >= 11 is 1.48. The Bertz CT molecular complexity index is 1340. The average Bonchev–Trinajstić information content (AvgIpc) is 3.33. The first-order valence-corrected chi connectivity index (χ1v) is 10.1. The maximum absolute atomic E-state index is 13.4. The Balaban J connectivity index is 1.51. The van der Waals surface area contributed by atoms with Crippen LogP contribution in [0.3, 0.4) is 0 Å². The second kappa shape index (κ2) is 8.90. The number of amides is 1. The van der Waals surface area contributed by atoms with Crippen LogP contribution in [0.25, 0.3) is 21.5 Å². The highest BCUT2D eigenvalue weighted by Gasteiger charge is 2.18. The minimum atomic E-state index is -1.02. The van der Waals surface area contributed by atoms with E-state index in [2.05, 4.69) is 10.3 Å². The van der Waals surface area contributed by atoms with Gasteiger partial charge in [0, 0.05) is 17.1 Å². The van der Waals surface area contributed by atoms with Gasteiger partial charge in [-0.2, -0.15) is 4.39 Å². The lowest BCUT2D eigenvalue weighted by molar-refractivity contribution is -0.387. The zero-order chi connectivity index (χ0) is 22.7. The van der Waals surface area contributed by atoms with Crippen molar-refractivity contribution < 1.29 is 23.6 Å². The topological polar surface area (TPSA) is 111 Å². The Morgan fingerprint density at radius 1 is 1.12 bits per heavy atom. The number of nitrogens with zero attached hydrogens (tertiary/aromatic N) is 2. The number of halogens is 1. The van der Waals surface area contributed by atoms with Crippen molar-refractivity contribution in [2.75, 3.05) is 11.9 Å². The van der Waals surface area contributed by atoms with Crippen LogP contribution in [0.2, 0.25) is 0 Å².